The fourth-order valence-electron chi connectivity index (χ4n) is 6.98. The average Bonchev–Trinajstić information content (AvgIpc) is 2.65. The first-order valence-corrected chi connectivity index (χ1v) is 12.3. The molecule has 0 heterocycles. The van der Waals surface area contributed by atoms with E-state index in [9.17, 15) is 20.4 Å². The summed E-state index contributed by atoms with van der Waals surface area (Å²) >= 11 is 0. The van der Waals surface area contributed by atoms with Crippen molar-refractivity contribution in [3.05, 3.63) is 0 Å². The van der Waals surface area contributed by atoms with Gasteiger partial charge >= 0.3 is 0 Å². The van der Waals surface area contributed by atoms with Crippen molar-refractivity contribution in [2.24, 2.45) is 53.3 Å². The third-order valence-corrected chi connectivity index (χ3v) is 9.36. The summed E-state index contributed by atoms with van der Waals surface area (Å²) in [4.78, 5) is 0. The minimum absolute atomic E-state index is 0.0810. The molecule has 0 aliphatic heterocycles. The van der Waals surface area contributed by atoms with Crippen LogP contribution in [0.15, 0.2) is 0 Å². The maximum Gasteiger partial charge on any atom is 0.0618 e. The Morgan fingerprint density at radius 1 is 0.483 bits per heavy atom. The summed E-state index contributed by atoms with van der Waals surface area (Å²) in [6.45, 7) is 10.8. The molecule has 3 saturated carbocycles. The maximum absolute atomic E-state index is 11.0. The van der Waals surface area contributed by atoms with Crippen molar-refractivity contribution < 1.29 is 20.4 Å². The van der Waals surface area contributed by atoms with Crippen molar-refractivity contribution in [1.29, 1.82) is 0 Å². The first kappa shape index (κ1) is 23.5. The van der Waals surface area contributed by atoms with Gasteiger partial charge in [0.1, 0.15) is 0 Å². The Kier molecular flexibility index (Phi) is 7.73. The summed E-state index contributed by atoms with van der Waals surface area (Å²) < 4.78 is 0. The summed E-state index contributed by atoms with van der Waals surface area (Å²) in [6.07, 6.45) is 5.54. The Labute approximate surface area is 178 Å². The van der Waals surface area contributed by atoms with Crippen LogP contribution in [0.1, 0.15) is 79.6 Å². The number of hydrogen-bond acceptors (Lipinski definition) is 4. The second-order valence-electron chi connectivity index (χ2n) is 11.6. The zero-order chi connectivity index (χ0) is 21.5. The van der Waals surface area contributed by atoms with Gasteiger partial charge in [-0.05, 0) is 92.3 Å². The first-order valence-electron chi connectivity index (χ1n) is 12.3. The summed E-state index contributed by atoms with van der Waals surface area (Å²) in [5.41, 5.74) is 0. The van der Waals surface area contributed by atoms with E-state index in [0.717, 1.165) is 44.9 Å². The largest absolute Gasteiger partial charge is 0.393 e. The molecule has 3 aliphatic rings. The topological polar surface area (TPSA) is 80.9 Å². The molecule has 3 fully saturated rings. The minimum atomic E-state index is -0.430. The smallest absolute Gasteiger partial charge is 0.0618 e. The molecule has 4 nitrogen and oxygen atoms in total. The van der Waals surface area contributed by atoms with Crippen molar-refractivity contribution in [3.8, 4) is 0 Å². The molecule has 0 radical (unpaired) electrons. The highest BCUT2D eigenvalue weighted by molar-refractivity contribution is 4.95. The van der Waals surface area contributed by atoms with Gasteiger partial charge in [0.2, 0.25) is 0 Å². The molecule has 4 N–H and O–H groups in total. The summed E-state index contributed by atoms with van der Waals surface area (Å²) in [6, 6.07) is 0. The molecule has 29 heavy (non-hydrogen) atoms. The second kappa shape index (κ2) is 9.54. The Morgan fingerprint density at radius 2 is 0.862 bits per heavy atom. The van der Waals surface area contributed by atoms with Crippen LogP contribution >= 0.6 is 0 Å². The van der Waals surface area contributed by atoms with Crippen LogP contribution in [0.2, 0.25) is 0 Å². The Bertz CT molecular complexity index is 481. The van der Waals surface area contributed by atoms with Gasteiger partial charge in [-0.25, -0.2) is 0 Å². The molecule has 0 aromatic carbocycles. The predicted octanol–water partition coefficient (Wildman–Crippen LogP) is 3.85. The Hall–Kier alpha value is -0.160. The molecule has 0 bridgehead atoms. The van der Waals surface area contributed by atoms with E-state index in [1.165, 1.54) is 0 Å². The van der Waals surface area contributed by atoms with E-state index in [-0.39, 0.29) is 30.0 Å². The van der Waals surface area contributed by atoms with Crippen LogP contribution in [-0.4, -0.2) is 44.8 Å². The number of hydrogen-bond donors (Lipinski definition) is 4. The van der Waals surface area contributed by atoms with Crippen LogP contribution in [0.25, 0.3) is 0 Å². The van der Waals surface area contributed by atoms with Crippen molar-refractivity contribution in [1.82, 2.24) is 0 Å². The molecule has 0 saturated heterocycles. The van der Waals surface area contributed by atoms with Crippen molar-refractivity contribution >= 4 is 0 Å². The second-order valence-corrected chi connectivity index (χ2v) is 11.6. The summed E-state index contributed by atoms with van der Waals surface area (Å²) in [5.74, 6) is 3.19. The standard InChI is InChI=1S/C25H46O4/c1-13-8-22(26)15(3)6-18(13)10-20-12-21(25(29)17(5)24(20)28)11-19-7-16(4)23(27)9-14(19)2/h13-29H,6-12H2,1-5H3. The molecule has 12 unspecified atom stereocenters. The van der Waals surface area contributed by atoms with Gasteiger partial charge in [0.25, 0.3) is 0 Å². The van der Waals surface area contributed by atoms with Gasteiger partial charge in [-0.3, -0.25) is 0 Å². The van der Waals surface area contributed by atoms with Crippen molar-refractivity contribution in [3.63, 3.8) is 0 Å². The summed E-state index contributed by atoms with van der Waals surface area (Å²) in [7, 11) is 0. The van der Waals surface area contributed by atoms with Gasteiger partial charge in [0, 0.05) is 5.92 Å². The van der Waals surface area contributed by atoms with Crippen LogP contribution in [0.5, 0.6) is 0 Å². The summed E-state index contributed by atoms with van der Waals surface area (Å²) in [5, 5.41) is 42.3. The van der Waals surface area contributed by atoms with Crippen molar-refractivity contribution in [2.45, 2.75) is 104 Å². The van der Waals surface area contributed by atoms with E-state index < -0.39 is 12.2 Å². The van der Waals surface area contributed by atoms with Crippen LogP contribution in [0.3, 0.4) is 0 Å². The number of aliphatic hydroxyl groups excluding tert-OH is 4. The van der Waals surface area contributed by atoms with Gasteiger partial charge in [0.15, 0.2) is 0 Å². The van der Waals surface area contributed by atoms with Crippen LogP contribution < -0.4 is 0 Å². The molecule has 0 spiro atoms. The molecular formula is C25H46O4. The highest BCUT2D eigenvalue weighted by Gasteiger charge is 2.44. The molecule has 170 valence electrons. The van der Waals surface area contributed by atoms with Crippen LogP contribution in [0.4, 0.5) is 0 Å². The SMILES string of the molecule is CC1CC(CC2CC(CC3CC(C)C(O)CC3C)C(O)C(C)C2O)C(C)CC1O. The number of rotatable bonds is 4. The quantitative estimate of drug-likeness (QED) is 0.567. The van der Waals surface area contributed by atoms with Crippen LogP contribution in [0, 0.1) is 53.3 Å². The molecule has 3 aliphatic carbocycles. The molecule has 4 heteroatoms. The van der Waals surface area contributed by atoms with E-state index in [2.05, 4.69) is 27.7 Å². The Balaban J connectivity index is 1.65. The predicted molar refractivity (Wildman–Crippen MR) is 116 cm³/mol. The van der Waals surface area contributed by atoms with Gasteiger partial charge in [-0.2, -0.15) is 0 Å². The van der Waals surface area contributed by atoms with Gasteiger partial charge in [0.05, 0.1) is 24.4 Å². The maximum atomic E-state index is 11.0. The van der Waals surface area contributed by atoms with E-state index in [1.807, 2.05) is 6.92 Å². The molecule has 12 atom stereocenters. The zero-order valence-electron chi connectivity index (χ0n) is 19.2. The highest BCUT2D eigenvalue weighted by Crippen LogP contribution is 2.46. The van der Waals surface area contributed by atoms with Crippen molar-refractivity contribution in [2.75, 3.05) is 0 Å². The lowest BCUT2D eigenvalue weighted by molar-refractivity contribution is -0.101. The fraction of sp³-hybridized carbons (Fsp3) is 1.00. The van der Waals surface area contributed by atoms with Gasteiger partial charge in [-0.15, -0.1) is 0 Å². The molecule has 0 amide bonds. The molecule has 0 aromatic heterocycles. The van der Waals surface area contributed by atoms with E-state index in [1.54, 1.807) is 0 Å². The monoisotopic (exact) mass is 410 g/mol. The lowest BCUT2D eigenvalue weighted by Crippen LogP contribution is -2.48. The Morgan fingerprint density at radius 3 is 1.24 bits per heavy atom. The third-order valence-electron chi connectivity index (χ3n) is 9.36. The normalized spacial score (nSPS) is 54.3. The van der Waals surface area contributed by atoms with E-state index in [4.69, 9.17) is 0 Å². The zero-order valence-corrected chi connectivity index (χ0v) is 19.2. The highest BCUT2D eigenvalue weighted by atomic mass is 16.3. The first-order chi connectivity index (χ1) is 13.6. The average molecular weight is 411 g/mol. The lowest BCUT2D eigenvalue weighted by Gasteiger charge is -2.47. The minimum Gasteiger partial charge on any atom is -0.393 e. The van der Waals surface area contributed by atoms with Gasteiger partial charge in [-0.1, -0.05) is 34.6 Å². The third kappa shape index (κ3) is 5.19. The lowest BCUT2D eigenvalue weighted by atomic mass is 9.62. The molecule has 0 aromatic rings. The fourth-order valence-corrected chi connectivity index (χ4v) is 6.98. The molecule has 3 rings (SSSR count). The van der Waals surface area contributed by atoms with Gasteiger partial charge < -0.3 is 20.4 Å². The van der Waals surface area contributed by atoms with Crippen LogP contribution in [-0.2, 0) is 0 Å². The van der Waals surface area contributed by atoms with E-state index >= 15 is 0 Å². The number of aliphatic hydroxyl groups is 4. The molecular weight excluding hydrogens is 364 g/mol. The van der Waals surface area contributed by atoms with E-state index in [0.29, 0.717) is 35.5 Å².